The van der Waals surface area contributed by atoms with Gasteiger partial charge in [-0.3, -0.25) is 24.3 Å². The Kier molecular flexibility index (Phi) is 11.1. The number of hydrogen-bond donors (Lipinski definition) is 0. The molecule has 2 aromatic carbocycles. The minimum absolute atomic E-state index is 0.0406. The van der Waals surface area contributed by atoms with Gasteiger partial charge in [-0.15, -0.1) is 0 Å². The Morgan fingerprint density at radius 2 is 1.32 bits per heavy atom. The summed E-state index contributed by atoms with van der Waals surface area (Å²) in [6.07, 6.45) is -7.75. The second-order valence-electron chi connectivity index (χ2n) is 15.6. The predicted octanol–water partition coefficient (Wildman–Crippen LogP) is 6.17. The van der Waals surface area contributed by atoms with E-state index in [4.69, 9.17) is 4.74 Å². The third kappa shape index (κ3) is 9.10. The number of carbonyl (C=O) groups excluding carboxylic acids is 3. The molecule has 4 aliphatic heterocycles. The van der Waals surface area contributed by atoms with E-state index in [2.05, 4.69) is 9.80 Å². The summed E-state index contributed by atoms with van der Waals surface area (Å²) in [5.74, 6) is -0.893. The number of amides is 3. The van der Waals surface area contributed by atoms with E-state index in [0.717, 1.165) is 38.2 Å². The number of alkyl halides is 6. The topological polar surface area (TPSA) is 76.6 Å². The minimum Gasteiger partial charge on any atom is -0.444 e. The number of piperazine rings is 1. The molecule has 2 unspecified atom stereocenters. The molecule has 290 valence electrons. The summed E-state index contributed by atoms with van der Waals surface area (Å²) in [6, 6.07) is 9.74. The quantitative estimate of drug-likeness (QED) is 0.329. The second-order valence-corrected chi connectivity index (χ2v) is 15.6. The fourth-order valence-corrected chi connectivity index (χ4v) is 8.06. The first-order valence-electron chi connectivity index (χ1n) is 18.3. The molecule has 3 amide bonds. The van der Waals surface area contributed by atoms with Crippen LogP contribution in [-0.2, 0) is 28.3 Å². The van der Waals surface area contributed by atoms with E-state index in [1.54, 1.807) is 25.7 Å². The van der Waals surface area contributed by atoms with Crippen molar-refractivity contribution in [2.45, 2.75) is 95.0 Å². The monoisotopic (exact) mass is 751 g/mol. The molecule has 15 heteroatoms. The van der Waals surface area contributed by atoms with Crippen molar-refractivity contribution in [3.8, 4) is 0 Å². The van der Waals surface area contributed by atoms with Gasteiger partial charge in [0.25, 0.3) is 5.91 Å². The predicted molar refractivity (Wildman–Crippen MR) is 184 cm³/mol. The Hall–Kier alpha value is -3.85. The molecule has 0 bridgehead atoms. The molecule has 6 rings (SSSR count). The third-order valence-corrected chi connectivity index (χ3v) is 10.8. The van der Waals surface area contributed by atoms with E-state index in [-0.39, 0.29) is 30.6 Å². The van der Waals surface area contributed by atoms with Gasteiger partial charge in [-0.2, -0.15) is 26.3 Å². The van der Waals surface area contributed by atoms with Crippen molar-refractivity contribution in [2.24, 2.45) is 0 Å². The van der Waals surface area contributed by atoms with Crippen molar-refractivity contribution in [3.05, 3.63) is 70.8 Å². The van der Waals surface area contributed by atoms with Crippen LogP contribution >= 0.6 is 0 Å². The zero-order chi connectivity index (χ0) is 38.3. The smallest absolute Gasteiger partial charge is 0.416 e. The highest BCUT2D eigenvalue weighted by Gasteiger charge is 2.45. The average molecular weight is 752 g/mol. The molecule has 4 aliphatic rings. The maximum Gasteiger partial charge on any atom is 0.416 e. The molecular formula is C38H47F6N5O4. The highest BCUT2D eigenvalue weighted by atomic mass is 19.4. The second kappa shape index (κ2) is 15.1. The van der Waals surface area contributed by atoms with Gasteiger partial charge in [0.15, 0.2) is 0 Å². The Bertz CT molecular complexity index is 1600. The van der Waals surface area contributed by atoms with Gasteiger partial charge in [0.1, 0.15) is 11.6 Å². The molecule has 0 spiro atoms. The largest absolute Gasteiger partial charge is 0.444 e. The van der Waals surface area contributed by atoms with Crippen LogP contribution in [0.4, 0.5) is 31.1 Å². The number of likely N-dealkylation sites (tertiary alicyclic amines) is 3. The fourth-order valence-electron chi connectivity index (χ4n) is 8.06. The molecule has 9 nitrogen and oxygen atoms in total. The number of rotatable bonds is 6. The van der Waals surface area contributed by atoms with Crippen LogP contribution in [0.1, 0.15) is 73.5 Å². The number of halogens is 6. The summed E-state index contributed by atoms with van der Waals surface area (Å²) in [5, 5.41) is 0. The molecule has 4 heterocycles. The van der Waals surface area contributed by atoms with E-state index in [1.807, 2.05) is 35.2 Å². The molecule has 2 aromatic rings. The van der Waals surface area contributed by atoms with Crippen molar-refractivity contribution in [2.75, 3.05) is 52.4 Å². The summed E-state index contributed by atoms with van der Waals surface area (Å²) >= 11 is 0. The number of piperidine rings is 1. The van der Waals surface area contributed by atoms with E-state index in [0.29, 0.717) is 57.5 Å². The van der Waals surface area contributed by atoms with Gasteiger partial charge in [0.05, 0.1) is 11.1 Å². The number of carbonyl (C=O) groups is 3. The molecule has 0 aromatic heterocycles. The molecule has 4 fully saturated rings. The lowest BCUT2D eigenvalue weighted by Gasteiger charge is -2.51. The standard InChI is InChI=1S/C38H47F6N5O4/c1-36(2,3)53-35(52)49-12-7-10-32(49)34(51)47-23-31(24-47)46-16-14-45(15-17-46)29-11-13-48(30(22-29)18-25-8-5-4-6-9-25)33(50)26-19-27(37(39,40)41)21-28(20-26)38(42,43)44/h4-6,8-9,19-21,29-32H,7,10-18,22-24H2,1-3H3/t29?,30?,32-/m1/s1. The fraction of sp³-hybridized carbons (Fsp3) is 0.605. The maximum absolute atomic E-state index is 13.8. The molecular weight excluding hydrogens is 704 g/mol. The van der Waals surface area contributed by atoms with Crippen LogP contribution in [0.2, 0.25) is 0 Å². The van der Waals surface area contributed by atoms with Gasteiger partial charge in [0, 0.05) is 76.0 Å². The van der Waals surface area contributed by atoms with Crippen molar-refractivity contribution < 1.29 is 45.5 Å². The lowest BCUT2D eigenvalue weighted by atomic mass is 9.90. The van der Waals surface area contributed by atoms with Gasteiger partial charge >= 0.3 is 18.4 Å². The molecule has 0 radical (unpaired) electrons. The first-order valence-corrected chi connectivity index (χ1v) is 18.3. The Morgan fingerprint density at radius 1 is 0.736 bits per heavy atom. The van der Waals surface area contributed by atoms with Crippen LogP contribution in [0.3, 0.4) is 0 Å². The normalized spacial score (nSPS) is 23.9. The van der Waals surface area contributed by atoms with E-state index >= 15 is 0 Å². The van der Waals surface area contributed by atoms with Crippen molar-refractivity contribution >= 4 is 17.9 Å². The molecule has 53 heavy (non-hydrogen) atoms. The number of nitrogens with zero attached hydrogens (tertiary/aromatic N) is 5. The van der Waals surface area contributed by atoms with Crippen molar-refractivity contribution in [1.29, 1.82) is 0 Å². The van der Waals surface area contributed by atoms with Crippen LogP contribution in [0, 0.1) is 0 Å². The van der Waals surface area contributed by atoms with Gasteiger partial charge in [0.2, 0.25) is 5.91 Å². The van der Waals surface area contributed by atoms with Crippen LogP contribution < -0.4 is 0 Å². The summed E-state index contributed by atoms with van der Waals surface area (Å²) in [6.45, 7) is 10.3. The first-order chi connectivity index (χ1) is 24.9. The lowest BCUT2D eigenvalue weighted by molar-refractivity contribution is -0.144. The van der Waals surface area contributed by atoms with Crippen molar-refractivity contribution in [3.63, 3.8) is 0 Å². The molecule has 0 aliphatic carbocycles. The Balaban J connectivity index is 1.07. The van der Waals surface area contributed by atoms with Crippen LogP contribution in [0.25, 0.3) is 0 Å². The third-order valence-electron chi connectivity index (χ3n) is 10.8. The van der Waals surface area contributed by atoms with Crippen molar-refractivity contribution in [1.82, 2.24) is 24.5 Å². The average Bonchev–Trinajstić information content (AvgIpc) is 3.57. The lowest BCUT2D eigenvalue weighted by Crippen LogP contribution is -2.67. The summed E-state index contributed by atoms with van der Waals surface area (Å²) in [5.41, 5.74) is -3.38. The van der Waals surface area contributed by atoms with Crippen LogP contribution in [0.5, 0.6) is 0 Å². The molecule has 3 atom stereocenters. The highest BCUT2D eigenvalue weighted by Crippen LogP contribution is 2.37. The molecule has 0 N–H and O–H groups in total. The summed E-state index contributed by atoms with van der Waals surface area (Å²) in [4.78, 5) is 49.4. The number of benzene rings is 2. The maximum atomic E-state index is 13.8. The molecule has 4 saturated heterocycles. The molecule has 0 saturated carbocycles. The van der Waals surface area contributed by atoms with E-state index in [1.165, 1.54) is 4.90 Å². The minimum atomic E-state index is -5.05. The Morgan fingerprint density at radius 3 is 1.89 bits per heavy atom. The first kappa shape index (κ1) is 38.9. The van der Waals surface area contributed by atoms with Crippen LogP contribution in [-0.4, -0.2) is 125 Å². The number of hydrogen-bond acceptors (Lipinski definition) is 6. The van der Waals surface area contributed by atoms with Gasteiger partial charge in [-0.05, 0) is 76.6 Å². The SMILES string of the molecule is CC(C)(C)OC(=O)N1CCC[C@@H]1C(=O)N1CC(N2CCN(C3CCN(C(=O)c4cc(C(F)(F)F)cc(C(F)(F)F)c4)C(Cc4ccccc4)C3)CC2)C1. The Labute approximate surface area is 305 Å². The van der Waals surface area contributed by atoms with Gasteiger partial charge < -0.3 is 14.5 Å². The summed E-state index contributed by atoms with van der Waals surface area (Å²) in [7, 11) is 0. The van der Waals surface area contributed by atoms with E-state index < -0.39 is 58.7 Å². The van der Waals surface area contributed by atoms with Crippen LogP contribution in [0.15, 0.2) is 48.5 Å². The zero-order valence-electron chi connectivity index (χ0n) is 30.3. The van der Waals surface area contributed by atoms with E-state index in [9.17, 15) is 40.7 Å². The number of ether oxygens (including phenoxy) is 1. The van der Waals surface area contributed by atoms with Gasteiger partial charge in [-0.1, -0.05) is 30.3 Å². The van der Waals surface area contributed by atoms with Gasteiger partial charge in [-0.25, -0.2) is 4.79 Å². The highest BCUT2D eigenvalue weighted by molar-refractivity contribution is 5.95. The summed E-state index contributed by atoms with van der Waals surface area (Å²) < 4.78 is 87.3. The zero-order valence-corrected chi connectivity index (χ0v) is 30.3.